The lowest BCUT2D eigenvalue weighted by atomic mass is 10.1. The van der Waals surface area contributed by atoms with Gasteiger partial charge in [-0.05, 0) is 83.9 Å². The fraction of sp³-hybridized carbons (Fsp3) is 0. The van der Waals surface area contributed by atoms with E-state index < -0.39 is 11.8 Å². The highest BCUT2D eigenvalue weighted by Gasteiger charge is 2.09. The first-order chi connectivity index (χ1) is 17.0. The second-order valence-electron chi connectivity index (χ2n) is 7.76. The zero-order valence-corrected chi connectivity index (χ0v) is 18.4. The molecule has 5 aromatic rings. The minimum Gasteiger partial charge on any atom is -0.423 e. The van der Waals surface area contributed by atoms with Crippen molar-refractivity contribution in [1.29, 1.82) is 0 Å². The maximum atomic E-state index is 13.0. The Balaban J connectivity index is 1.26. The van der Waals surface area contributed by atoms with Gasteiger partial charge in [0.25, 0.3) is 0 Å². The fourth-order valence-corrected chi connectivity index (χ4v) is 3.51. The molecule has 0 atom stereocenters. The monoisotopic (exact) mass is 463 g/mol. The summed E-state index contributed by atoms with van der Waals surface area (Å²) in [6.07, 6.45) is 1.69. The summed E-state index contributed by atoms with van der Waals surface area (Å²) in [6.45, 7) is 0. The van der Waals surface area contributed by atoms with Crippen molar-refractivity contribution >= 4 is 28.8 Å². The van der Waals surface area contributed by atoms with Crippen molar-refractivity contribution in [2.45, 2.75) is 0 Å². The van der Waals surface area contributed by atoms with E-state index in [9.17, 15) is 14.0 Å². The number of aliphatic imine (C=N–C) groups is 1. The first kappa shape index (κ1) is 22.0. The van der Waals surface area contributed by atoms with E-state index >= 15 is 0 Å². The first-order valence-corrected chi connectivity index (χ1v) is 10.8. The lowest BCUT2D eigenvalue weighted by Crippen LogP contribution is -2.08. The number of carbonyl (C=O) groups excluding carboxylic acids is 1. The molecule has 0 aliphatic heterocycles. The lowest BCUT2D eigenvalue weighted by Gasteiger charge is -2.05. The zero-order valence-electron chi connectivity index (χ0n) is 18.4. The molecule has 0 amide bonds. The third-order valence-corrected chi connectivity index (χ3v) is 5.35. The predicted octanol–water partition coefficient (Wildman–Crippen LogP) is 6.57. The van der Waals surface area contributed by atoms with Gasteiger partial charge in [0.2, 0.25) is 0 Å². The Morgan fingerprint density at radius 3 is 2.31 bits per heavy atom. The van der Waals surface area contributed by atoms with E-state index in [0.717, 1.165) is 16.5 Å². The van der Waals surface area contributed by atoms with Crippen LogP contribution in [0.5, 0.6) is 5.75 Å². The lowest BCUT2D eigenvalue weighted by molar-refractivity contribution is 0.0734. The van der Waals surface area contributed by atoms with E-state index in [1.165, 1.54) is 24.3 Å². The maximum absolute atomic E-state index is 13.0. The van der Waals surface area contributed by atoms with E-state index in [1.807, 2.05) is 48.5 Å². The average molecular weight is 463 g/mol. The number of fused-ring (bicyclic) bond motifs is 1. The van der Waals surface area contributed by atoms with Crippen LogP contribution < -0.4 is 10.4 Å². The molecule has 1 heterocycles. The van der Waals surface area contributed by atoms with Crippen LogP contribution in [0.4, 0.5) is 10.1 Å². The van der Waals surface area contributed by atoms with E-state index in [2.05, 4.69) is 4.99 Å². The first-order valence-electron chi connectivity index (χ1n) is 10.8. The van der Waals surface area contributed by atoms with Crippen molar-refractivity contribution in [3.05, 3.63) is 130 Å². The van der Waals surface area contributed by atoms with Crippen LogP contribution in [0.25, 0.3) is 22.1 Å². The van der Waals surface area contributed by atoms with Gasteiger partial charge in [-0.3, -0.25) is 4.99 Å². The van der Waals surface area contributed by atoms with Crippen molar-refractivity contribution in [1.82, 2.24) is 0 Å². The number of carbonyl (C=O) groups is 1. The highest BCUT2D eigenvalue weighted by molar-refractivity contribution is 5.91. The molecule has 1 aromatic heterocycles. The SMILES string of the molecule is O=C(Oc1ccc(C=Nc2ccc(-c3cc4ccccc4oc3=O)cc2)cc1)c1ccc(F)cc1. The molecule has 0 aliphatic rings. The van der Waals surface area contributed by atoms with Crippen LogP contribution in [0.15, 0.2) is 117 Å². The molecule has 35 heavy (non-hydrogen) atoms. The molecule has 170 valence electrons. The maximum Gasteiger partial charge on any atom is 0.344 e. The second kappa shape index (κ2) is 9.57. The molecule has 4 aromatic carbocycles. The van der Waals surface area contributed by atoms with Crippen molar-refractivity contribution in [2.24, 2.45) is 4.99 Å². The van der Waals surface area contributed by atoms with Crippen LogP contribution in [-0.4, -0.2) is 12.2 Å². The third-order valence-electron chi connectivity index (χ3n) is 5.35. The number of rotatable bonds is 5. The summed E-state index contributed by atoms with van der Waals surface area (Å²) >= 11 is 0. The van der Waals surface area contributed by atoms with Crippen LogP contribution in [0, 0.1) is 5.82 Å². The molecule has 0 N–H and O–H groups in total. The summed E-state index contributed by atoms with van der Waals surface area (Å²) in [5.74, 6) is -0.610. The van der Waals surface area contributed by atoms with E-state index in [0.29, 0.717) is 22.6 Å². The van der Waals surface area contributed by atoms with Crippen LogP contribution in [0.1, 0.15) is 15.9 Å². The fourth-order valence-electron chi connectivity index (χ4n) is 3.51. The summed E-state index contributed by atoms with van der Waals surface area (Å²) in [4.78, 5) is 29.0. The molecule has 0 bridgehead atoms. The number of hydrogen-bond donors (Lipinski definition) is 0. The van der Waals surface area contributed by atoms with E-state index in [1.54, 1.807) is 36.5 Å². The highest BCUT2D eigenvalue weighted by atomic mass is 19.1. The van der Waals surface area contributed by atoms with Gasteiger partial charge < -0.3 is 9.15 Å². The number of hydrogen-bond acceptors (Lipinski definition) is 5. The van der Waals surface area contributed by atoms with Crippen molar-refractivity contribution < 1.29 is 18.3 Å². The normalized spacial score (nSPS) is 11.1. The molecule has 0 spiro atoms. The molecular weight excluding hydrogens is 445 g/mol. The highest BCUT2D eigenvalue weighted by Crippen LogP contribution is 2.23. The third kappa shape index (κ3) is 5.07. The van der Waals surface area contributed by atoms with Crippen molar-refractivity contribution in [3.8, 4) is 16.9 Å². The van der Waals surface area contributed by atoms with Crippen LogP contribution in [0.2, 0.25) is 0 Å². The standard InChI is InChI=1S/C29H18FNO4/c30-23-11-7-21(8-12-23)28(32)34-25-15-5-19(6-16-25)18-31-24-13-9-20(10-14-24)26-17-22-3-1-2-4-27(22)35-29(26)33/h1-18H. The smallest absolute Gasteiger partial charge is 0.344 e. The van der Waals surface area contributed by atoms with Gasteiger partial charge in [0.05, 0.1) is 16.8 Å². The molecule has 0 fully saturated rings. The summed E-state index contributed by atoms with van der Waals surface area (Å²) < 4.78 is 23.7. The number of halogens is 1. The Bertz CT molecular complexity index is 1590. The summed E-state index contributed by atoms with van der Waals surface area (Å²) in [6, 6.07) is 28.5. The van der Waals surface area contributed by atoms with Crippen molar-refractivity contribution in [3.63, 3.8) is 0 Å². The molecule has 5 rings (SSSR count). The Morgan fingerprint density at radius 1 is 0.857 bits per heavy atom. The summed E-state index contributed by atoms with van der Waals surface area (Å²) in [5.41, 5.74) is 3.19. The Labute approximate surface area is 199 Å². The zero-order chi connectivity index (χ0) is 24.2. The number of ether oxygens (including phenoxy) is 1. The minimum atomic E-state index is -0.563. The molecule has 0 aliphatic carbocycles. The number of nitrogens with zero attached hydrogens (tertiary/aromatic N) is 1. The molecular formula is C29H18FNO4. The molecule has 0 saturated heterocycles. The van der Waals surface area contributed by atoms with Gasteiger partial charge in [-0.1, -0.05) is 30.3 Å². The van der Waals surface area contributed by atoms with Crippen LogP contribution >= 0.6 is 0 Å². The number of para-hydroxylation sites is 1. The van der Waals surface area contributed by atoms with Crippen LogP contribution in [-0.2, 0) is 0 Å². The van der Waals surface area contributed by atoms with Gasteiger partial charge in [-0.2, -0.15) is 0 Å². The minimum absolute atomic E-state index is 0.266. The second-order valence-corrected chi connectivity index (χ2v) is 7.76. The summed E-state index contributed by atoms with van der Waals surface area (Å²) in [5, 5.41) is 0.857. The largest absolute Gasteiger partial charge is 0.423 e. The molecule has 0 radical (unpaired) electrons. The molecule has 5 nitrogen and oxygen atoms in total. The van der Waals surface area contributed by atoms with Gasteiger partial charge in [-0.25, -0.2) is 14.0 Å². The Hall–Kier alpha value is -4.84. The van der Waals surface area contributed by atoms with Crippen molar-refractivity contribution in [2.75, 3.05) is 0 Å². The van der Waals surface area contributed by atoms with Gasteiger partial charge in [-0.15, -0.1) is 0 Å². The molecule has 6 heteroatoms. The number of esters is 1. The van der Waals surface area contributed by atoms with E-state index in [4.69, 9.17) is 9.15 Å². The van der Waals surface area contributed by atoms with Crippen LogP contribution in [0.3, 0.4) is 0 Å². The van der Waals surface area contributed by atoms with Gasteiger partial charge in [0.15, 0.2) is 0 Å². The molecule has 0 unspecified atom stereocenters. The molecule has 0 saturated carbocycles. The number of benzene rings is 4. The van der Waals surface area contributed by atoms with Gasteiger partial charge in [0.1, 0.15) is 17.1 Å². The van der Waals surface area contributed by atoms with Gasteiger partial charge >= 0.3 is 11.6 Å². The quantitative estimate of drug-likeness (QED) is 0.128. The topological polar surface area (TPSA) is 68.9 Å². The Kier molecular flexibility index (Phi) is 6.01. The van der Waals surface area contributed by atoms with E-state index in [-0.39, 0.29) is 11.2 Å². The van der Waals surface area contributed by atoms with Gasteiger partial charge in [0, 0.05) is 11.6 Å². The summed E-state index contributed by atoms with van der Waals surface area (Å²) in [7, 11) is 0. The predicted molar refractivity (Wildman–Crippen MR) is 133 cm³/mol. The average Bonchev–Trinajstić information content (AvgIpc) is 2.88. The Morgan fingerprint density at radius 2 is 1.57 bits per heavy atom.